The maximum Gasteiger partial charge on any atom is 0.309 e. The molecule has 0 radical (unpaired) electrons. The van der Waals surface area contributed by atoms with E-state index in [0.717, 1.165) is 5.56 Å². The molecular weight excluding hydrogens is 202 g/mol. The number of methoxy groups -OCH3 is 1. The van der Waals surface area contributed by atoms with Gasteiger partial charge in [-0.2, -0.15) is 0 Å². The Morgan fingerprint density at radius 3 is 2.93 bits per heavy atom. The molecule has 14 heavy (non-hydrogen) atoms. The molecule has 3 nitrogen and oxygen atoms in total. The summed E-state index contributed by atoms with van der Waals surface area (Å²) < 4.78 is 4.51. The third-order valence-electron chi connectivity index (χ3n) is 1.71. The highest BCUT2D eigenvalue weighted by Crippen LogP contribution is 2.25. The maximum absolute atomic E-state index is 10.9. The summed E-state index contributed by atoms with van der Waals surface area (Å²) in [6, 6.07) is 4.90. The van der Waals surface area contributed by atoms with Crippen molar-refractivity contribution in [1.82, 2.24) is 0 Å². The Morgan fingerprint density at radius 2 is 2.36 bits per heavy atom. The lowest BCUT2D eigenvalue weighted by atomic mass is 10.1. The van der Waals surface area contributed by atoms with E-state index in [2.05, 4.69) is 9.58 Å². The van der Waals surface area contributed by atoms with Crippen molar-refractivity contribution in [2.24, 2.45) is 0 Å². The van der Waals surface area contributed by atoms with Crippen molar-refractivity contribution in [2.45, 2.75) is 6.42 Å². The molecule has 0 aliphatic rings. The number of carbonyl (C=O) groups is 1. The van der Waals surface area contributed by atoms with E-state index in [4.69, 9.17) is 18.2 Å². The van der Waals surface area contributed by atoms with Crippen molar-refractivity contribution in [3.05, 3.63) is 40.2 Å². The fourth-order valence-electron chi connectivity index (χ4n) is 0.993. The Kier molecular flexibility index (Phi) is 3.49. The van der Waals surface area contributed by atoms with E-state index in [1.165, 1.54) is 7.11 Å². The molecule has 0 atom stereocenters. The monoisotopic (exact) mass is 209 g/mol. The second-order valence-corrected chi connectivity index (χ2v) is 3.06. The maximum atomic E-state index is 10.9. The van der Waals surface area contributed by atoms with Crippen LogP contribution in [0.4, 0.5) is 5.69 Å². The molecule has 0 fully saturated rings. The second-order valence-electron chi connectivity index (χ2n) is 2.65. The van der Waals surface area contributed by atoms with Crippen molar-refractivity contribution in [3.63, 3.8) is 0 Å². The van der Waals surface area contributed by atoms with Gasteiger partial charge in [-0.1, -0.05) is 29.8 Å². The van der Waals surface area contributed by atoms with Gasteiger partial charge in [0.1, 0.15) is 0 Å². The molecule has 0 heterocycles. The smallest absolute Gasteiger partial charge is 0.309 e. The quantitative estimate of drug-likeness (QED) is 0.554. The Morgan fingerprint density at radius 1 is 1.64 bits per heavy atom. The number of benzene rings is 1. The summed E-state index contributed by atoms with van der Waals surface area (Å²) in [5.74, 6) is -0.330. The third kappa shape index (κ3) is 2.48. The summed E-state index contributed by atoms with van der Waals surface area (Å²) >= 11 is 5.74. The van der Waals surface area contributed by atoms with E-state index in [0.29, 0.717) is 10.7 Å². The molecule has 1 aromatic rings. The van der Waals surface area contributed by atoms with Gasteiger partial charge in [0.2, 0.25) is 5.69 Å². The second kappa shape index (κ2) is 4.64. The number of hydrogen-bond acceptors (Lipinski definition) is 2. The summed E-state index contributed by atoms with van der Waals surface area (Å²) in [7, 11) is 1.33. The highest BCUT2D eigenvalue weighted by atomic mass is 35.5. The molecule has 0 bridgehead atoms. The molecule has 0 saturated carbocycles. The first-order valence-corrected chi connectivity index (χ1v) is 4.28. The number of ether oxygens (including phenoxy) is 1. The zero-order chi connectivity index (χ0) is 10.6. The minimum absolute atomic E-state index is 0.163. The van der Waals surface area contributed by atoms with Gasteiger partial charge >= 0.3 is 5.97 Å². The molecule has 0 N–H and O–H groups in total. The van der Waals surface area contributed by atoms with Gasteiger partial charge in [0, 0.05) is 5.02 Å². The molecule has 0 amide bonds. The van der Waals surface area contributed by atoms with Crippen LogP contribution >= 0.6 is 11.6 Å². The van der Waals surface area contributed by atoms with Gasteiger partial charge in [0.05, 0.1) is 20.1 Å². The van der Waals surface area contributed by atoms with Gasteiger partial charge in [-0.3, -0.25) is 4.79 Å². The van der Waals surface area contributed by atoms with Gasteiger partial charge in [-0.05, 0) is 5.56 Å². The number of halogens is 1. The van der Waals surface area contributed by atoms with Crippen LogP contribution in [0.5, 0.6) is 0 Å². The van der Waals surface area contributed by atoms with E-state index >= 15 is 0 Å². The van der Waals surface area contributed by atoms with Gasteiger partial charge in [-0.15, -0.1) is 0 Å². The fraction of sp³-hybridized carbons (Fsp3) is 0.200. The van der Waals surface area contributed by atoms with E-state index in [9.17, 15) is 4.79 Å². The topological polar surface area (TPSA) is 30.7 Å². The minimum atomic E-state index is -0.330. The molecular formula is C10H8ClNO2. The van der Waals surface area contributed by atoms with Crippen LogP contribution in [0.15, 0.2) is 18.2 Å². The summed E-state index contributed by atoms with van der Waals surface area (Å²) in [5, 5.41) is 0.397. The zero-order valence-electron chi connectivity index (χ0n) is 7.58. The van der Waals surface area contributed by atoms with Crippen molar-refractivity contribution in [1.29, 1.82) is 0 Å². The van der Waals surface area contributed by atoms with Crippen molar-refractivity contribution in [2.75, 3.05) is 7.11 Å². The van der Waals surface area contributed by atoms with Crippen LogP contribution in [-0.4, -0.2) is 13.1 Å². The van der Waals surface area contributed by atoms with Crippen LogP contribution in [-0.2, 0) is 16.0 Å². The lowest BCUT2D eigenvalue weighted by Gasteiger charge is -2.01. The Hall–Kier alpha value is -1.53. The summed E-state index contributed by atoms with van der Waals surface area (Å²) in [4.78, 5) is 14.2. The first kappa shape index (κ1) is 10.6. The average molecular weight is 210 g/mol. The van der Waals surface area contributed by atoms with E-state index in [-0.39, 0.29) is 12.4 Å². The molecule has 72 valence electrons. The summed E-state index contributed by atoms with van der Waals surface area (Å²) in [5.41, 5.74) is 1.08. The van der Waals surface area contributed by atoms with Crippen LogP contribution < -0.4 is 0 Å². The Bertz CT molecular complexity index is 396. The molecule has 0 aliphatic heterocycles. The molecule has 0 aromatic heterocycles. The highest BCUT2D eigenvalue weighted by molar-refractivity contribution is 6.33. The lowest BCUT2D eigenvalue weighted by molar-refractivity contribution is -0.139. The van der Waals surface area contributed by atoms with Crippen molar-refractivity contribution < 1.29 is 9.53 Å². The molecule has 0 saturated heterocycles. The molecule has 1 rings (SSSR count). The van der Waals surface area contributed by atoms with Crippen LogP contribution in [0.2, 0.25) is 5.02 Å². The Labute approximate surface area is 87.1 Å². The summed E-state index contributed by atoms with van der Waals surface area (Å²) in [6.07, 6.45) is 0.163. The molecule has 1 aromatic carbocycles. The predicted octanol–water partition coefficient (Wildman–Crippen LogP) is 2.61. The summed E-state index contributed by atoms with van der Waals surface area (Å²) in [6.45, 7) is 6.83. The normalized spacial score (nSPS) is 9.21. The van der Waals surface area contributed by atoms with Gasteiger partial charge in [0.25, 0.3) is 0 Å². The standard InChI is InChI=1S/C10H8ClNO2/c1-12-9-5-7(3-4-8(9)11)6-10(13)14-2/h3-5H,6H2,2H3. The van der Waals surface area contributed by atoms with Crippen molar-refractivity contribution in [3.8, 4) is 0 Å². The largest absolute Gasteiger partial charge is 0.469 e. The lowest BCUT2D eigenvalue weighted by Crippen LogP contribution is -2.03. The number of carbonyl (C=O) groups excluding carboxylic acids is 1. The number of nitrogens with zero attached hydrogens (tertiary/aromatic N) is 1. The average Bonchev–Trinajstić information content (AvgIpc) is 2.20. The highest BCUT2D eigenvalue weighted by Gasteiger charge is 2.05. The van der Waals surface area contributed by atoms with Gasteiger partial charge < -0.3 is 4.74 Å². The van der Waals surface area contributed by atoms with Crippen molar-refractivity contribution >= 4 is 23.3 Å². The molecule has 0 unspecified atom stereocenters. The molecule has 4 heteroatoms. The van der Waals surface area contributed by atoms with E-state index in [1.807, 2.05) is 0 Å². The number of rotatable bonds is 2. The molecule has 0 aliphatic carbocycles. The van der Waals surface area contributed by atoms with E-state index < -0.39 is 0 Å². The third-order valence-corrected chi connectivity index (χ3v) is 2.03. The fourth-order valence-corrected chi connectivity index (χ4v) is 1.15. The predicted molar refractivity (Wildman–Crippen MR) is 53.4 cm³/mol. The number of esters is 1. The first-order valence-electron chi connectivity index (χ1n) is 3.90. The van der Waals surface area contributed by atoms with Gasteiger partial charge in [-0.25, -0.2) is 4.85 Å². The van der Waals surface area contributed by atoms with Gasteiger partial charge in [0.15, 0.2) is 0 Å². The Balaban J connectivity index is 2.91. The minimum Gasteiger partial charge on any atom is -0.469 e. The van der Waals surface area contributed by atoms with Crippen LogP contribution in [0, 0.1) is 6.57 Å². The first-order chi connectivity index (χ1) is 6.67. The zero-order valence-corrected chi connectivity index (χ0v) is 8.34. The molecule has 0 spiro atoms. The number of hydrogen-bond donors (Lipinski definition) is 0. The van der Waals surface area contributed by atoms with Crippen LogP contribution in [0.1, 0.15) is 5.56 Å². The SMILES string of the molecule is [C-]#[N+]c1cc(CC(=O)OC)ccc1Cl. The van der Waals surface area contributed by atoms with E-state index in [1.54, 1.807) is 18.2 Å². The van der Waals surface area contributed by atoms with Crippen LogP contribution in [0.3, 0.4) is 0 Å². The van der Waals surface area contributed by atoms with Crippen LogP contribution in [0.25, 0.3) is 4.85 Å².